The summed E-state index contributed by atoms with van der Waals surface area (Å²) in [4.78, 5) is 15.1. The molecular weight excluding hydrogens is 463 g/mol. The van der Waals surface area contributed by atoms with Gasteiger partial charge < -0.3 is 4.98 Å². The Morgan fingerprint density at radius 1 is 0.838 bits per heavy atom. The van der Waals surface area contributed by atoms with E-state index in [1.165, 1.54) is 24.5 Å². The van der Waals surface area contributed by atoms with Crippen LogP contribution in [-0.2, 0) is 6.54 Å². The zero-order valence-electron chi connectivity index (χ0n) is 20.2. The van der Waals surface area contributed by atoms with E-state index in [9.17, 15) is 4.39 Å². The third-order valence-electron chi connectivity index (χ3n) is 7.23. The summed E-state index contributed by atoms with van der Waals surface area (Å²) < 4.78 is 14.6. The van der Waals surface area contributed by atoms with Gasteiger partial charge in [0.1, 0.15) is 11.5 Å². The number of likely N-dealkylation sites (tertiary alicyclic amines) is 1. The molecule has 1 fully saturated rings. The molecule has 0 atom stereocenters. The molecule has 0 bridgehead atoms. The maximum Gasteiger partial charge on any atom is 0.155 e. The summed E-state index contributed by atoms with van der Waals surface area (Å²) in [6.07, 6.45) is 8.25. The molecular formula is C30H25FN6. The number of hydrogen-bond donors (Lipinski definition) is 2. The molecule has 0 saturated carbocycles. The summed E-state index contributed by atoms with van der Waals surface area (Å²) in [7, 11) is 0. The molecule has 2 aromatic carbocycles. The van der Waals surface area contributed by atoms with Crippen LogP contribution in [-0.4, -0.2) is 43.1 Å². The van der Waals surface area contributed by atoms with Crippen molar-refractivity contribution in [2.45, 2.75) is 19.4 Å². The number of rotatable bonds is 5. The van der Waals surface area contributed by atoms with Gasteiger partial charge in [-0.1, -0.05) is 30.3 Å². The van der Waals surface area contributed by atoms with Crippen molar-refractivity contribution in [3.8, 4) is 33.6 Å². The summed E-state index contributed by atoms with van der Waals surface area (Å²) in [5.74, 6) is -0.239. The Balaban J connectivity index is 1.29. The highest BCUT2D eigenvalue weighted by Gasteiger charge is 2.17. The van der Waals surface area contributed by atoms with E-state index < -0.39 is 0 Å². The fraction of sp³-hybridized carbons (Fsp3) is 0.167. The van der Waals surface area contributed by atoms with Gasteiger partial charge in [-0.05, 0) is 67.4 Å². The van der Waals surface area contributed by atoms with E-state index in [1.54, 1.807) is 6.07 Å². The van der Waals surface area contributed by atoms with Crippen LogP contribution in [0.1, 0.15) is 18.4 Å². The Labute approximate surface area is 213 Å². The number of aromatic nitrogens is 5. The molecule has 4 aromatic heterocycles. The molecule has 5 heterocycles. The highest BCUT2D eigenvalue weighted by atomic mass is 19.1. The van der Waals surface area contributed by atoms with Crippen LogP contribution < -0.4 is 0 Å². The fourth-order valence-corrected chi connectivity index (χ4v) is 5.39. The van der Waals surface area contributed by atoms with Crippen molar-refractivity contribution in [2.24, 2.45) is 0 Å². The third-order valence-corrected chi connectivity index (χ3v) is 7.23. The van der Waals surface area contributed by atoms with Crippen LogP contribution in [0.2, 0.25) is 0 Å². The number of nitrogens with zero attached hydrogens (tertiary/aromatic N) is 4. The molecule has 182 valence electrons. The van der Waals surface area contributed by atoms with Gasteiger partial charge in [-0.3, -0.25) is 15.0 Å². The van der Waals surface area contributed by atoms with Gasteiger partial charge in [-0.2, -0.15) is 5.10 Å². The first-order valence-electron chi connectivity index (χ1n) is 12.6. The van der Waals surface area contributed by atoms with Crippen LogP contribution >= 0.6 is 0 Å². The largest absolute Gasteiger partial charge is 0.353 e. The van der Waals surface area contributed by atoms with Gasteiger partial charge in [0.05, 0.1) is 5.69 Å². The van der Waals surface area contributed by atoms with Gasteiger partial charge in [0, 0.05) is 58.1 Å². The number of fused-ring (bicyclic) bond motifs is 2. The molecule has 1 aliphatic rings. The monoisotopic (exact) mass is 488 g/mol. The van der Waals surface area contributed by atoms with E-state index in [4.69, 9.17) is 0 Å². The quantitative estimate of drug-likeness (QED) is 0.288. The molecule has 7 heteroatoms. The van der Waals surface area contributed by atoms with E-state index >= 15 is 0 Å². The van der Waals surface area contributed by atoms with Gasteiger partial charge >= 0.3 is 0 Å². The Morgan fingerprint density at radius 3 is 2.57 bits per heavy atom. The highest BCUT2D eigenvalue weighted by molar-refractivity contribution is 6.01. The zero-order valence-corrected chi connectivity index (χ0v) is 20.2. The van der Waals surface area contributed by atoms with Gasteiger partial charge in [0.25, 0.3) is 0 Å². The van der Waals surface area contributed by atoms with Crippen LogP contribution in [0.5, 0.6) is 0 Å². The minimum absolute atomic E-state index is 0.239. The van der Waals surface area contributed by atoms with Crippen molar-refractivity contribution in [1.82, 2.24) is 30.0 Å². The number of aromatic amines is 2. The average molecular weight is 489 g/mol. The van der Waals surface area contributed by atoms with E-state index in [-0.39, 0.29) is 5.82 Å². The minimum atomic E-state index is -0.239. The third kappa shape index (κ3) is 3.97. The second-order valence-electron chi connectivity index (χ2n) is 9.69. The first-order chi connectivity index (χ1) is 18.2. The summed E-state index contributed by atoms with van der Waals surface area (Å²) >= 11 is 0. The lowest BCUT2D eigenvalue weighted by molar-refractivity contribution is 0.331. The molecule has 0 amide bonds. The molecule has 37 heavy (non-hydrogen) atoms. The van der Waals surface area contributed by atoms with Crippen LogP contribution in [0.25, 0.3) is 55.6 Å². The predicted octanol–water partition coefficient (Wildman–Crippen LogP) is 6.57. The van der Waals surface area contributed by atoms with E-state index in [2.05, 4.69) is 42.2 Å². The van der Waals surface area contributed by atoms with Crippen molar-refractivity contribution < 1.29 is 4.39 Å². The average Bonchev–Trinajstić information content (AvgIpc) is 3.68. The van der Waals surface area contributed by atoms with Crippen LogP contribution in [0.15, 0.2) is 79.3 Å². The lowest BCUT2D eigenvalue weighted by atomic mass is 10.0. The Bertz CT molecular complexity index is 1740. The normalized spacial score (nSPS) is 14.2. The first-order valence-corrected chi connectivity index (χ1v) is 12.6. The summed E-state index contributed by atoms with van der Waals surface area (Å²) in [6, 6.07) is 19.1. The minimum Gasteiger partial charge on any atom is -0.353 e. The smallest absolute Gasteiger partial charge is 0.155 e. The topological polar surface area (TPSA) is 73.5 Å². The van der Waals surface area contributed by atoms with Crippen LogP contribution in [0, 0.1) is 5.82 Å². The van der Waals surface area contributed by atoms with E-state index in [1.807, 2.05) is 55.0 Å². The molecule has 1 aliphatic heterocycles. The van der Waals surface area contributed by atoms with Gasteiger partial charge in [0.15, 0.2) is 5.65 Å². The van der Waals surface area contributed by atoms with Crippen LogP contribution in [0.3, 0.4) is 0 Å². The van der Waals surface area contributed by atoms with E-state index in [0.29, 0.717) is 11.2 Å². The van der Waals surface area contributed by atoms with Crippen molar-refractivity contribution in [2.75, 3.05) is 13.1 Å². The highest BCUT2D eigenvalue weighted by Crippen LogP contribution is 2.35. The number of halogens is 1. The van der Waals surface area contributed by atoms with Gasteiger partial charge in [-0.15, -0.1) is 0 Å². The van der Waals surface area contributed by atoms with Crippen molar-refractivity contribution in [1.29, 1.82) is 0 Å². The number of nitrogens with one attached hydrogen (secondary N) is 2. The second kappa shape index (κ2) is 8.94. The van der Waals surface area contributed by atoms with Crippen LogP contribution in [0.4, 0.5) is 4.39 Å². The SMILES string of the molecule is Fc1ccccc1-c1cccc2[nH]c(-c3n[nH]c4ncc(-c5cncc(CN6CCCC6)c5)cc34)cc12. The number of benzene rings is 2. The lowest BCUT2D eigenvalue weighted by Gasteiger charge is -2.14. The molecule has 0 unspecified atom stereocenters. The summed E-state index contributed by atoms with van der Waals surface area (Å²) in [5, 5.41) is 9.51. The molecule has 6 nitrogen and oxygen atoms in total. The Morgan fingerprint density at radius 2 is 1.68 bits per heavy atom. The maximum absolute atomic E-state index is 14.6. The molecule has 0 aliphatic carbocycles. The number of H-pyrrole nitrogens is 2. The van der Waals surface area contributed by atoms with Gasteiger partial charge in [-0.25, -0.2) is 9.37 Å². The number of pyridine rings is 2. The lowest BCUT2D eigenvalue weighted by Crippen LogP contribution is -2.18. The fourth-order valence-electron chi connectivity index (χ4n) is 5.39. The summed E-state index contributed by atoms with van der Waals surface area (Å²) in [6.45, 7) is 3.23. The zero-order chi connectivity index (χ0) is 24.8. The van der Waals surface area contributed by atoms with Crippen molar-refractivity contribution in [3.05, 3.63) is 90.6 Å². The number of hydrogen-bond acceptors (Lipinski definition) is 4. The predicted molar refractivity (Wildman–Crippen MR) is 144 cm³/mol. The molecule has 0 spiro atoms. The Kier molecular flexibility index (Phi) is 5.29. The molecule has 7 rings (SSSR count). The molecule has 6 aromatic rings. The second-order valence-corrected chi connectivity index (χ2v) is 9.69. The maximum atomic E-state index is 14.6. The molecule has 1 saturated heterocycles. The van der Waals surface area contributed by atoms with E-state index in [0.717, 1.165) is 64.0 Å². The molecule has 0 radical (unpaired) electrons. The first kappa shape index (κ1) is 21.9. The van der Waals surface area contributed by atoms with Crippen molar-refractivity contribution in [3.63, 3.8) is 0 Å². The van der Waals surface area contributed by atoms with Gasteiger partial charge in [0.2, 0.25) is 0 Å². The Hall–Kier alpha value is -4.36. The standard InChI is InChI=1S/C30H25FN6/c31-26-8-2-1-6-23(26)22-7-5-9-27-24(22)14-28(34-27)29-25-13-21(17-33-30(25)36-35-29)20-12-19(15-32-16-20)18-37-10-3-4-11-37/h1-2,5-9,12-17,34H,3-4,10-11,18H2,(H,33,35,36). The van der Waals surface area contributed by atoms with Crippen molar-refractivity contribution >= 4 is 21.9 Å². The molecule has 2 N–H and O–H groups in total. The summed E-state index contributed by atoms with van der Waals surface area (Å²) in [5.41, 5.74) is 7.94.